The van der Waals surface area contributed by atoms with Crippen LogP contribution in [0.25, 0.3) is 0 Å². The van der Waals surface area contributed by atoms with Gasteiger partial charge >= 0.3 is 0 Å². The summed E-state index contributed by atoms with van der Waals surface area (Å²) >= 11 is 3.56. The van der Waals surface area contributed by atoms with Crippen LogP contribution in [0, 0.1) is 20.8 Å². The third kappa shape index (κ3) is 4.94. The van der Waals surface area contributed by atoms with Crippen LogP contribution in [0.4, 0.5) is 5.82 Å². The average Bonchev–Trinajstić information content (AvgIpc) is 3.29. The van der Waals surface area contributed by atoms with E-state index in [1.165, 1.54) is 5.56 Å². The van der Waals surface area contributed by atoms with Crippen molar-refractivity contribution < 1.29 is 4.79 Å². The van der Waals surface area contributed by atoms with Gasteiger partial charge in [0.2, 0.25) is 0 Å². The summed E-state index contributed by atoms with van der Waals surface area (Å²) in [7, 11) is 0. The van der Waals surface area contributed by atoms with Crippen LogP contribution in [0.2, 0.25) is 0 Å². The van der Waals surface area contributed by atoms with E-state index in [1.54, 1.807) is 6.07 Å². The van der Waals surface area contributed by atoms with E-state index in [0.717, 1.165) is 27.0 Å². The summed E-state index contributed by atoms with van der Waals surface area (Å²) in [5.74, 6) is 0.349. The molecule has 0 bridgehead atoms. The van der Waals surface area contributed by atoms with Gasteiger partial charge in [-0.3, -0.25) is 14.2 Å². The van der Waals surface area contributed by atoms with Crippen LogP contribution in [0.15, 0.2) is 65.3 Å². The first-order valence-corrected chi connectivity index (χ1v) is 10.9. The Morgan fingerprint density at radius 3 is 2.45 bits per heavy atom. The molecule has 31 heavy (non-hydrogen) atoms. The number of benzene rings is 2. The minimum absolute atomic E-state index is 0.183. The fourth-order valence-corrected chi connectivity index (χ4v) is 3.68. The van der Waals surface area contributed by atoms with Gasteiger partial charge in [0, 0.05) is 17.8 Å². The first-order chi connectivity index (χ1) is 14.9. The Bertz CT molecular complexity index is 1220. The van der Waals surface area contributed by atoms with Crippen molar-refractivity contribution in [2.75, 3.05) is 5.32 Å². The van der Waals surface area contributed by atoms with Crippen molar-refractivity contribution in [1.82, 2.24) is 19.6 Å². The number of aryl methyl sites for hydroxylation is 2. The van der Waals surface area contributed by atoms with Gasteiger partial charge in [0.15, 0.2) is 5.82 Å². The summed E-state index contributed by atoms with van der Waals surface area (Å²) in [5.41, 5.74) is 6.00. The van der Waals surface area contributed by atoms with E-state index < -0.39 is 0 Å². The van der Waals surface area contributed by atoms with E-state index in [9.17, 15) is 4.79 Å². The molecular formula is C24H24BrN5O. The maximum Gasteiger partial charge on any atom is 0.256 e. The van der Waals surface area contributed by atoms with Crippen molar-refractivity contribution in [3.8, 4) is 0 Å². The van der Waals surface area contributed by atoms with Crippen LogP contribution >= 0.6 is 15.9 Å². The molecule has 0 aliphatic rings. The molecule has 0 aliphatic carbocycles. The fraction of sp³-hybridized carbons (Fsp3) is 0.208. The number of nitrogens with one attached hydrogen (secondary N) is 1. The Labute approximate surface area is 190 Å². The molecule has 158 valence electrons. The molecule has 0 saturated carbocycles. The number of hydrogen-bond donors (Lipinski definition) is 1. The molecule has 0 unspecified atom stereocenters. The van der Waals surface area contributed by atoms with Gasteiger partial charge in [-0.05, 0) is 60.0 Å². The maximum absolute atomic E-state index is 12.8. The minimum Gasteiger partial charge on any atom is -0.305 e. The third-order valence-corrected chi connectivity index (χ3v) is 6.31. The lowest BCUT2D eigenvalue weighted by Crippen LogP contribution is -2.13. The summed E-state index contributed by atoms with van der Waals surface area (Å²) < 4.78 is 4.77. The second-order valence-electron chi connectivity index (χ2n) is 7.68. The fourth-order valence-electron chi connectivity index (χ4n) is 3.40. The van der Waals surface area contributed by atoms with Crippen molar-refractivity contribution in [1.29, 1.82) is 0 Å². The highest BCUT2D eigenvalue weighted by Gasteiger charge is 2.12. The smallest absolute Gasteiger partial charge is 0.256 e. The van der Waals surface area contributed by atoms with Gasteiger partial charge < -0.3 is 5.32 Å². The van der Waals surface area contributed by atoms with Gasteiger partial charge in [-0.25, -0.2) is 0 Å². The highest BCUT2D eigenvalue weighted by Crippen LogP contribution is 2.21. The van der Waals surface area contributed by atoms with Crippen molar-refractivity contribution >= 4 is 27.7 Å². The Kier molecular flexibility index (Phi) is 6.04. The predicted molar refractivity (Wildman–Crippen MR) is 125 cm³/mol. The van der Waals surface area contributed by atoms with Gasteiger partial charge in [0.25, 0.3) is 5.91 Å². The summed E-state index contributed by atoms with van der Waals surface area (Å²) in [6, 6.07) is 17.7. The van der Waals surface area contributed by atoms with Crippen molar-refractivity contribution in [3.05, 3.63) is 98.9 Å². The number of carbonyl (C=O) groups excluding carboxylic acids is 1. The van der Waals surface area contributed by atoms with Gasteiger partial charge in [-0.2, -0.15) is 10.2 Å². The number of nitrogens with zero attached hydrogens (tertiary/aromatic N) is 4. The first kappa shape index (κ1) is 21.1. The van der Waals surface area contributed by atoms with E-state index in [2.05, 4.69) is 62.6 Å². The van der Waals surface area contributed by atoms with E-state index in [4.69, 9.17) is 0 Å². The zero-order valence-electron chi connectivity index (χ0n) is 17.8. The lowest BCUT2D eigenvalue weighted by Gasteiger charge is -2.08. The zero-order valence-corrected chi connectivity index (χ0v) is 19.3. The molecule has 1 amide bonds. The molecule has 2 heterocycles. The number of amides is 1. The normalized spacial score (nSPS) is 11.0. The lowest BCUT2D eigenvalue weighted by molar-refractivity contribution is 0.102. The van der Waals surface area contributed by atoms with Crippen LogP contribution < -0.4 is 5.32 Å². The molecule has 0 saturated heterocycles. The second kappa shape index (κ2) is 8.89. The highest BCUT2D eigenvalue weighted by atomic mass is 79.9. The number of anilines is 1. The van der Waals surface area contributed by atoms with Crippen molar-refractivity contribution in [3.63, 3.8) is 0 Å². The SMILES string of the molecule is Cc1ccc(Cn2ccc(NC(=O)c3cccc(Cn4nc(C)c(Br)c4C)c3)n2)cc1. The number of hydrogen-bond acceptors (Lipinski definition) is 3. The van der Waals surface area contributed by atoms with Crippen LogP contribution in [0.3, 0.4) is 0 Å². The Morgan fingerprint density at radius 2 is 1.74 bits per heavy atom. The lowest BCUT2D eigenvalue weighted by atomic mass is 10.1. The molecule has 0 fully saturated rings. The molecule has 0 spiro atoms. The standard InChI is InChI=1S/C24H24BrN5O/c1-16-7-9-19(10-8-16)14-29-12-11-22(28-29)26-24(31)21-6-4-5-20(13-21)15-30-18(3)23(25)17(2)27-30/h4-13H,14-15H2,1-3H3,(H,26,28,31). The molecule has 0 atom stereocenters. The summed E-state index contributed by atoms with van der Waals surface area (Å²) in [5, 5.41) is 11.9. The summed E-state index contributed by atoms with van der Waals surface area (Å²) in [6.07, 6.45) is 1.87. The molecule has 0 aliphatic heterocycles. The Hall–Kier alpha value is -3.19. The van der Waals surface area contributed by atoms with Crippen LogP contribution in [0.5, 0.6) is 0 Å². The Morgan fingerprint density at radius 1 is 0.968 bits per heavy atom. The van der Waals surface area contributed by atoms with Crippen LogP contribution in [-0.4, -0.2) is 25.5 Å². The van der Waals surface area contributed by atoms with E-state index in [0.29, 0.717) is 24.5 Å². The number of halogens is 1. The number of aromatic nitrogens is 4. The summed E-state index contributed by atoms with van der Waals surface area (Å²) in [4.78, 5) is 12.8. The highest BCUT2D eigenvalue weighted by molar-refractivity contribution is 9.10. The first-order valence-electron chi connectivity index (χ1n) is 10.1. The van der Waals surface area contributed by atoms with Crippen LogP contribution in [0.1, 0.15) is 38.4 Å². The van der Waals surface area contributed by atoms with Crippen molar-refractivity contribution in [2.45, 2.75) is 33.9 Å². The van der Waals surface area contributed by atoms with E-state index >= 15 is 0 Å². The average molecular weight is 478 g/mol. The monoisotopic (exact) mass is 477 g/mol. The van der Waals surface area contributed by atoms with Gasteiger partial charge in [-0.15, -0.1) is 0 Å². The summed E-state index contributed by atoms with van der Waals surface area (Å²) in [6.45, 7) is 7.31. The predicted octanol–water partition coefficient (Wildman–Crippen LogP) is 5.12. The van der Waals surface area contributed by atoms with E-state index in [1.807, 2.05) is 53.7 Å². The topological polar surface area (TPSA) is 64.7 Å². The maximum atomic E-state index is 12.8. The molecule has 7 heteroatoms. The van der Waals surface area contributed by atoms with E-state index in [-0.39, 0.29) is 5.91 Å². The molecule has 6 nitrogen and oxygen atoms in total. The quantitative estimate of drug-likeness (QED) is 0.419. The molecule has 2 aromatic heterocycles. The van der Waals surface area contributed by atoms with Gasteiger partial charge in [-0.1, -0.05) is 42.0 Å². The molecule has 0 radical (unpaired) electrons. The van der Waals surface area contributed by atoms with Gasteiger partial charge in [0.05, 0.1) is 29.0 Å². The zero-order chi connectivity index (χ0) is 22.0. The molecule has 1 N–H and O–H groups in total. The van der Waals surface area contributed by atoms with Crippen LogP contribution in [-0.2, 0) is 13.1 Å². The van der Waals surface area contributed by atoms with Crippen molar-refractivity contribution in [2.24, 2.45) is 0 Å². The molecule has 2 aromatic carbocycles. The number of carbonyl (C=O) groups is 1. The minimum atomic E-state index is -0.183. The third-order valence-electron chi connectivity index (χ3n) is 5.16. The van der Waals surface area contributed by atoms with Gasteiger partial charge in [0.1, 0.15) is 0 Å². The Balaban J connectivity index is 1.43. The largest absolute Gasteiger partial charge is 0.305 e. The molecule has 4 rings (SSSR count). The second-order valence-corrected chi connectivity index (χ2v) is 8.47. The molecule has 4 aromatic rings. The number of rotatable bonds is 6. The molecular weight excluding hydrogens is 454 g/mol.